The fourth-order valence-corrected chi connectivity index (χ4v) is 2.72. The molecule has 0 aliphatic carbocycles. The highest BCUT2D eigenvalue weighted by Crippen LogP contribution is 2.15. The summed E-state index contributed by atoms with van der Waals surface area (Å²) in [6, 6.07) is 2.54. The Kier molecular flexibility index (Phi) is 5.10. The molecule has 1 aliphatic heterocycles. The molecule has 19 heavy (non-hydrogen) atoms. The normalized spacial score (nSPS) is 18.6. The Morgan fingerprint density at radius 3 is 2.63 bits per heavy atom. The quantitative estimate of drug-likeness (QED) is 0.860. The molecule has 1 aromatic heterocycles. The smallest absolute Gasteiger partial charge is 0.132 e. The predicted octanol–water partition coefficient (Wildman–Crippen LogP) is 1.03. The van der Waals surface area contributed by atoms with Crippen molar-refractivity contribution >= 4 is 5.82 Å². The number of aryl methyl sites for hydroxylation is 1. The van der Waals surface area contributed by atoms with Crippen molar-refractivity contribution < 1.29 is 0 Å². The Balaban J connectivity index is 1.91. The minimum absolute atomic E-state index is 0.541. The second-order valence-electron chi connectivity index (χ2n) is 5.16. The van der Waals surface area contributed by atoms with Crippen LogP contribution in [0.2, 0.25) is 0 Å². The number of hydrogen-bond acceptors (Lipinski definition) is 5. The van der Waals surface area contributed by atoms with Crippen molar-refractivity contribution in [2.75, 3.05) is 37.6 Å². The number of nitrogens with zero attached hydrogens (tertiary/aromatic N) is 4. The molecule has 0 bridgehead atoms. The van der Waals surface area contributed by atoms with Crippen LogP contribution < -0.4 is 10.6 Å². The number of hydrogen-bond donors (Lipinski definition) is 1. The number of piperazine rings is 1. The second-order valence-corrected chi connectivity index (χ2v) is 5.16. The summed E-state index contributed by atoms with van der Waals surface area (Å²) in [6.45, 7) is 9.12. The lowest BCUT2D eigenvalue weighted by molar-refractivity contribution is 0.179. The molecule has 5 nitrogen and oxygen atoms in total. The van der Waals surface area contributed by atoms with Gasteiger partial charge in [-0.15, -0.1) is 0 Å². The molecule has 0 spiro atoms. The first-order valence-electron chi connectivity index (χ1n) is 7.23. The van der Waals surface area contributed by atoms with Gasteiger partial charge in [-0.05, 0) is 19.4 Å². The number of nitrogens with two attached hydrogens (primary N) is 1. The van der Waals surface area contributed by atoms with Gasteiger partial charge in [0.1, 0.15) is 11.6 Å². The van der Waals surface area contributed by atoms with Gasteiger partial charge in [-0.1, -0.05) is 13.3 Å². The standard InChI is InChI=1S/C14H25N5/c1-3-4-13(11-15)18-7-9-19(10-8-18)14-5-6-16-12(2)17-14/h5-6,13H,3-4,7-11,15H2,1-2H3. The van der Waals surface area contributed by atoms with Gasteiger partial charge in [-0.3, -0.25) is 4.90 Å². The maximum absolute atomic E-state index is 5.88. The molecule has 1 unspecified atom stereocenters. The molecule has 2 heterocycles. The molecular formula is C14H25N5. The molecule has 0 radical (unpaired) electrons. The van der Waals surface area contributed by atoms with Crippen LogP contribution in [0.4, 0.5) is 5.82 Å². The highest BCUT2D eigenvalue weighted by atomic mass is 15.3. The van der Waals surface area contributed by atoms with Crippen molar-refractivity contribution in [2.24, 2.45) is 5.73 Å². The monoisotopic (exact) mass is 263 g/mol. The molecule has 5 heteroatoms. The fourth-order valence-electron chi connectivity index (χ4n) is 2.72. The van der Waals surface area contributed by atoms with Crippen molar-refractivity contribution in [1.29, 1.82) is 0 Å². The van der Waals surface area contributed by atoms with E-state index in [2.05, 4.69) is 26.7 Å². The van der Waals surface area contributed by atoms with Gasteiger partial charge in [0.2, 0.25) is 0 Å². The third kappa shape index (κ3) is 3.64. The van der Waals surface area contributed by atoms with Crippen LogP contribution in [0.15, 0.2) is 12.3 Å². The summed E-state index contributed by atoms with van der Waals surface area (Å²) in [4.78, 5) is 13.5. The average molecular weight is 263 g/mol. The maximum atomic E-state index is 5.88. The van der Waals surface area contributed by atoms with Crippen molar-refractivity contribution in [2.45, 2.75) is 32.7 Å². The lowest BCUT2D eigenvalue weighted by Crippen LogP contribution is -2.52. The second kappa shape index (κ2) is 6.82. The van der Waals surface area contributed by atoms with Crippen LogP contribution in [0.3, 0.4) is 0 Å². The van der Waals surface area contributed by atoms with Crippen molar-refractivity contribution in [3.63, 3.8) is 0 Å². The zero-order chi connectivity index (χ0) is 13.7. The van der Waals surface area contributed by atoms with Crippen molar-refractivity contribution in [3.8, 4) is 0 Å². The number of anilines is 1. The van der Waals surface area contributed by atoms with Gasteiger partial charge < -0.3 is 10.6 Å². The van der Waals surface area contributed by atoms with Crippen molar-refractivity contribution in [1.82, 2.24) is 14.9 Å². The molecule has 1 saturated heterocycles. The summed E-state index contributed by atoms with van der Waals surface area (Å²) in [5.41, 5.74) is 5.88. The summed E-state index contributed by atoms with van der Waals surface area (Å²) in [5.74, 6) is 1.89. The molecule has 1 aromatic rings. The summed E-state index contributed by atoms with van der Waals surface area (Å²) in [7, 11) is 0. The van der Waals surface area contributed by atoms with Crippen LogP contribution in [0, 0.1) is 6.92 Å². The van der Waals surface area contributed by atoms with E-state index in [0.717, 1.165) is 44.4 Å². The molecule has 106 valence electrons. The van der Waals surface area contributed by atoms with Crippen LogP contribution in [0.5, 0.6) is 0 Å². The first kappa shape index (κ1) is 14.2. The number of aromatic nitrogens is 2. The molecule has 2 N–H and O–H groups in total. The van der Waals surface area contributed by atoms with E-state index in [1.54, 1.807) is 0 Å². The summed E-state index contributed by atoms with van der Waals surface area (Å²) < 4.78 is 0. The Morgan fingerprint density at radius 2 is 2.05 bits per heavy atom. The van der Waals surface area contributed by atoms with Crippen LogP contribution in [0.25, 0.3) is 0 Å². The van der Waals surface area contributed by atoms with Crippen LogP contribution in [-0.2, 0) is 0 Å². The van der Waals surface area contributed by atoms with Crippen LogP contribution >= 0.6 is 0 Å². The van der Waals surface area contributed by atoms with E-state index in [9.17, 15) is 0 Å². The first-order valence-corrected chi connectivity index (χ1v) is 7.23. The maximum Gasteiger partial charge on any atom is 0.132 e. The topological polar surface area (TPSA) is 58.3 Å². The molecule has 0 amide bonds. The lowest BCUT2D eigenvalue weighted by Gasteiger charge is -2.39. The molecule has 0 saturated carbocycles. The third-order valence-corrected chi connectivity index (χ3v) is 3.81. The molecule has 2 rings (SSSR count). The zero-order valence-corrected chi connectivity index (χ0v) is 12.0. The van der Waals surface area contributed by atoms with Gasteiger partial charge in [0.25, 0.3) is 0 Å². The molecule has 1 aliphatic rings. The van der Waals surface area contributed by atoms with E-state index in [0.29, 0.717) is 6.04 Å². The van der Waals surface area contributed by atoms with Crippen LogP contribution in [0.1, 0.15) is 25.6 Å². The fraction of sp³-hybridized carbons (Fsp3) is 0.714. The highest BCUT2D eigenvalue weighted by Gasteiger charge is 2.23. The molecule has 1 atom stereocenters. The largest absolute Gasteiger partial charge is 0.354 e. The Labute approximate surface area is 115 Å². The van der Waals surface area contributed by atoms with Gasteiger partial charge in [0.15, 0.2) is 0 Å². The lowest BCUT2D eigenvalue weighted by atomic mass is 10.1. The van der Waals surface area contributed by atoms with E-state index in [4.69, 9.17) is 5.73 Å². The van der Waals surface area contributed by atoms with Gasteiger partial charge in [0, 0.05) is 45.0 Å². The minimum atomic E-state index is 0.541. The van der Waals surface area contributed by atoms with Gasteiger partial charge >= 0.3 is 0 Å². The Hall–Kier alpha value is -1.20. The molecular weight excluding hydrogens is 238 g/mol. The van der Waals surface area contributed by atoms with Crippen LogP contribution in [-0.4, -0.2) is 53.6 Å². The van der Waals surface area contributed by atoms with E-state index < -0.39 is 0 Å². The van der Waals surface area contributed by atoms with E-state index in [1.807, 2.05) is 19.2 Å². The Morgan fingerprint density at radius 1 is 1.32 bits per heavy atom. The summed E-state index contributed by atoms with van der Waals surface area (Å²) >= 11 is 0. The highest BCUT2D eigenvalue weighted by molar-refractivity contribution is 5.37. The third-order valence-electron chi connectivity index (χ3n) is 3.81. The average Bonchev–Trinajstić information content (AvgIpc) is 2.45. The Bertz CT molecular complexity index is 387. The summed E-state index contributed by atoms with van der Waals surface area (Å²) in [5, 5.41) is 0. The van der Waals surface area contributed by atoms with E-state index in [1.165, 1.54) is 12.8 Å². The number of rotatable bonds is 5. The predicted molar refractivity (Wildman–Crippen MR) is 78.3 cm³/mol. The van der Waals surface area contributed by atoms with Crippen molar-refractivity contribution in [3.05, 3.63) is 18.1 Å². The van der Waals surface area contributed by atoms with E-state index >= 15 is 0 Å². The SMILES string of the molecule is CCCC(CN)N1CCN(c2ccnc(C)n2)CC1. The van der Waals surface area contributed by atoms with Gasteiger partial charge in [0.05, 0.1) is 0 Å². The zero-order valence-electron chi connectivity index (χ0n) is 12.0. The van der Waals surface area contributed by atoms with Gasteiger partial charge in [-0.25, -0.2) is 9.97 Å². The van der Waals surface area contributed by atoms with E-state index in [-0.39, 0.29) is 0 Å². The first-order chi connectivity index (χ1) is 9.24. The minimum Gasteiger partial charge on any atom is -0.354 e. The van der Waals surface area contributed by atoms with Gasteiger partial charge in [-0.2, -0.15) is 0 Å². The molecule has 0 aromatic carbocycles. The summed E-state index contributed by atoms with van der Waals surface area (Å²) in [6.07, 6.45) is 4.24. The molecule has 1 fully saturated rings.